The van der Waals surface area contributed by atoms with Crippen LogP contribution in [0.5, 0.6) is 0 Å². The van der Waals surface area contributed by atoms with Crippen LogP contribution in [0.25, 0.3) is 11.0 Å². The van der Waals surface area contributed by atoms with Gasteiger partial charge in [0.05, 0.1) is 11.0 Å². The zero-order chi connectivity index (χ0) is 18.1. The molecule has 0 unspecified atom stereocenters. The number of nitrogens with one attached hydrogen (secondary N) is 1. The van der Waals surface area contributed by atoms with E-state index in [9.17, 15) is 14.4 Å². The second-order valence-corrected chi connectivity index (χ2v) is 6.72. The first-order chi connectivity index (χ1) is 11.9. The van der Waals surface area contributed by atoms with Gasteiger partial charge in [-0.25, -0.2) is 4.79 Å². The van der Waals surface area contributed by atoms with Gasteiger partial charge in [0.2, 0.25) is 11.8 Å². The van der Waals surface area contributed by atoms with Gasteiger partial charge >= 0.3 is 5.69 Å². The lowest BCUT2D eigenvalue weighted by Gasteiger charge is -2.30. The average Bonchev–Trinajstić information content (AvgIpc) is 2.84. The smallest absolute Gasteiger partial charge is 0.328 e. The van der Waals surface area contributed by atoms with Crippen molar-refractivity contribution in [3.05, 3.63) is 34.2 Å². The molecule has 0 atom stereocenters. The number of rotatable bonds is 3. The molecule has 0 spiro atoms. The summed E-state index contributed by atoms with van der Waals surface area (Å²) in [4.78, 5) is 37.5. The lowest BCUT2D eigenvalue weighted by atomic mass is 9.96. The van der Waals surface area contributed by atoms with E-state index in [1.807, 2.05) is 18.2 Å². The Kier molecular flexibility index (Phi) is 4.65. The Bertz CT molecular complexity index is 872. The summed E-state index contributed by atoms with van der Waals surface area (Å²) >= 11 is 0. The Hall–Kier alpha value is -2.57. The molecule has 0 saturated carbocycles. The molecule has 0 radical (unpaired) electrons. The van der Waals surface area contributed by atoms with Crippen LogP contribution in [-0.2, 0) is 30.2 Å². The number of amides is 2. The molecule has 1 aliphatic rings. The van der Waals surface area contributed by atoms with Crippen LogP contribution in [0.1, 0.15) is 25.3 Å². The van der Waals surface area contributed by atoms with Crippen molar-refractivity contribution in [1.82, 2.24) is 19.4 Å². The second-order valence-electron chi connectivity index (χ2n) is 6.72. The molecule has 2 amide bonds. The van der Waals surface area contributed by atoms with Gasteiger partial charge in [-0.1, -0.05) is 6.07 Å². The van der Waals surface area contributed by atoms with Crippen molar-refractivity contribution in [3.63, 3.8) is 0 Å². The highest BCUT2D eigenvalue weighted by Crippen LogP contribution is 2.18. The molecule has 1 aromatic carbocycles. The van der Waals surface area contributed by atoms with Gasteiger partial charge in [-0.2, -0.15) is 0 Å². The predicted molar refractivity (Wildman–Crippen MR) is 95.0 cm³/mol. The number of imidazole rings is 1. The van der Waals surface area contributed by atoms with E-state index in [-0.39, 0.29) is 23.4 Å². The van der Waals surface area contributed by atoms with E-state index in [1.54, 1.807) is 35.1 Å². The molecule has 1 aromatic heterocycles. The van der Waals surface area contributed by atoms with Crippen LogP contribution in [0, 0.1) is 5.92 Å². The Morgan fingerprint density at radius 2 is 1.76 bits per heavy atom. The maximum Gasteiger partial charge on any atom is 0.328 e. The summed E-state index contributed by atoms with van der Waals surface area (Å²) in [7, 11) is 3.50. The first-order valence-electron chi connectivity index (χ1n) is 8.56. The number of piperidine rings is 1. The number of carbonyl (C=O) groups excluding carboxylic acids is 2. The predicted octanol–water partition coefficient (Wildman–Crippen LogP) is 0.752. The molecule has 0 bridgehead atoms. The van der Waals surface area contributed by atoms with Crippen molar-refractivity contribution in [2.24, 2.45) is 20.0 Å². The molecular formula is C18H24N4O3. The number of hydrogen-bond donors (Lipinski definition) is 1. The number of fused-ring (bicyclic) bond motifs is 1. The lowest BCUT2D eigenvalue weighted by Crippen LogP contribution is -2.42. The van der Waals surface area contributed by atoms with Crippen molar-refractivity contribution in [2.75, 3.05) is 13.1 Å². The van der Waals surface area contributed by atoms with Crippen LogP contribution < -0.4 is 11.0 Å². The van der Waals surface area contributed by atoms with Gasteiger partial charge in [0.15, 0.2) is 0 Å². The van der Waals surface area contributed by atoms with Gasteiger partial charge in [0, 0.05) is 46.6 Å². The topological polar surface area (TPSA) is 76.3 Å². The summed E-state index contributed by atoms with van der Waals surface area (Å²) in [5, 5.41) is 2.98. The highest BCUT2D eigenvalue weighted by molar-refractivity contribution is 5.80. The molecule has 2 aromatic rings. The minimum Gasteiger partial charge on any atom is -0.352 e. The largest absolute Gasteiger partial charge is 0.352 e. The Morgan fingerprint density at radius 1 is 1.12 bits per heavy atom. The standard InChI is InChI=1S/C18H24N4O3/c1-12(23)22-8-6-14(7-9-22)17(24)19-11-13-4-5-15-16(10-13)21(3)18(25)20(15)2/h4-5,10,14H,6-9,11H2,1-3H3,(H,19,24). The third kappa shape index (κ3) is 3.31. The first kappa shape index (κ1) is 17.3. The quantitative estimate of drug-likeness (QED) is 0.893. The molecule has 1 fully saturated rings. The lowest BCUT2D eigenvalue weighted by molar-refractivity contribution is -0.134. The third-order valence-corrected chi connectivity index (χ3v) is 5.11. The van der Waals surface area contributed by atoms with E-state index in [2.05, 4.69) is 5.32 Å². The number of aryl methyl sites for hydroxylation is 2. The highest BCUT2D eigenvalue weighted by atomic mass is 16.2. The van der Waals surface area contributed by atoms with Crippen molar-refractivity contribution in [1.29, 1.82) is 0 Å². The number of nitrogens with zero attached hydrogens (tertiary/aromatic N) is 3. The number of likely N-dealkylation sites (tertiary alicyclic amines) is 1. The van der Waals surface area contributed by atoms with Gasteiger partial charge in [-0.05, 0) is 30.5 Å². The molecular weight excluding hydrogens is 320 g/mol. The van der Waals surface area contributed by atoms with E-state index >= 15 is 0 Å². The van der Waals surface area contributed by atoms with E-state index in [1.165, 1.54) is 0 Å². The summed E-state index contributed by atoms with van der Waals surface area (Å²) in [6.45, 7) is 3.29. The fourth-order valence-electron chi connectivity index (χ4n) is 3.45. The summed E-state index contributed by atoms with van der Waals surface area (Å²) in [5.74, 6) is 0.0614. The van der Waals surface area contributed by atoms with Crippen LogP contribution in [0.3, 0.4) is 0 Å². The van der Waals surface area contributed by atoms with Gasteiger partial charge < -0.3 is 10.2 Å². The van der Waals surface area contributed by atoms with Gasteiger partial charge in [-0.3, -0.25) is 18.7 Å². The number of aromatic nitrogens is 2. The normalized spacial score (nSPS) is 15.6. The van der Waals surface area contributed by atoms with Crippen LogP contribution in [0.2, 0.25) is 0 Å². The maximum atomic E-state index is 12.4. The van der Waals surface area contributed by atoms with Crippen LogP contribution in [0.15, 0.2) is 23.0 Å². The zero-order valence-corrected chi connectivity index (χ0v) is 14.9. The minimum absolute atomic E-state index is 0.0326. The average molecular weight is 344 g/mol. The van der Waals surface area contributed by atoms with Gasteiger partial charge in [0.25, 0.3) is 0 Å². The molecule has 3 rings (SSSR count). The van der Waals surface area contributed by atoms with E-state index in [0.717, 1.165) is 16.6 Å². The summed E-state index contributed by atoms with van der Waals surface area (Å²) in [5.41, 5.74) is 2.63. The Labute approximate surface area is 146 Å². The van der Waals surface area contributed by atoms with Crippen molar-refractivity contribution in [2.45, 2.75) is 26.3 Å². The second kappa shape index (κ2) is 6.74. The molecule has 1 aliphatic heterocycles. The van der Waals surface area contributed by atoms with Gasteiger partial charge in [-0.15, -0.1) is 0 Å². The summed E-state index contributed by atoms with van der Waals surface area (Å²) < 4.78 is 3.22. The number of carbonyl (C=O) groups is 2. The Balaban J connectivity index is 1.63. The molecule has 25 heavy (non-hydrogen) atoms. The van der Waals surface area contributed by atoms with Crippen molar-refractivity contribution >= 4 is 22.8 Å². The molecule has 0 aliphatic carbocycles. The first-order valence-corrected chi connectivity index (χ1v) is 8.56. The molecule has 7 nitrogen and oxygen atoms in total. The highest BCUT2D eigenvalue weighted by Gasteiger charge is 2.25. The monoisotopic (exact) mass is 344 g/mol. The van der Waals surface area contributed by atoms with E-state index < -0.39 is 0 Å². The SMILES string of the molecule is CC(=O)N1CCC(C(=O)NCc2ccc3c(c2)n(C)c(=O)n3C)CC1. The van der Waals surface area contributed by atoms with Crippen LogP contribution in [-0.4, -0.2) is 38.9 Å². The summed E-state index contributed by atoms with van der Waals surface area (Å²) in [6.07, 6.45) is 1.41. The fourth-order valence-corrected chi connectivity index (χ4v) is 3.45. The van der Waals surface area contributed by atoms with Crippen LogP contribution in [0.4, 0.5) is 0 Å². The molecule has 7 heteroatoms. The molecule has 1 saturated heterocycles. The maximum absolute atomic E-state index is 12.4. The minimum atomic E-state index is -0.0617. The number of hydrogen-bond acceptors (Lipinski definition) is 3. The fraction of sp³-hybridized carbons (Fsp3) is 0.500. The summed E-state index contributed by atoms with van der Waals surface area (Å²) in [6, 6.07) is 5.78. The van der Waals surface area contributed by atoms with E-state index in [0.29, 0.717) is 32.5 Å². The molecule has 2 heterocycles. The Morgan fingerprint density at radius 3 is 2.40 bits per heavy atom. The zero-order valence-electron chi connectivity index (χ0n) is 14.9. The van der Waals surface area contributed by atoms with Crippen molar-refractivity contribution in [3.8, 4) is 0 Å². The molecule has 1 N–H and O–H groups in total. The van der Waals surface area contributed by atoms with Crippen molar-refractivity contribution < 1.29 is 9.59 Å². The number of benzene rings is 1. The van der Waals surface area contributed by atoms with Crippen LogP contribution >= 0.6 is 0 Å². The van der Waals surface area contributed by atoms with Gasteiger partial charge in [0.1, 0.15) is 0 Å². The van der Waals surface area contributed by atoms with E-state index in [4.69, 9.17) is 0 Å². The molecule has 134 valence electrons. The third-order valence-electron chi connectivity index (χ3n) is 5.11.